The average Bonchev–Trinajstić information content (AvgIpc) is 3.12. The van der Waals surface area contributed by atoms with Gasteiger partial charge < -0.3 is 10.6 Å². The van der Waals surface area contributed by atoms with Gasteiger partial charge in [-0.1, -0.05) is 18.2 Å². The fourth-order valence-electron chi connectivity index (χ4n) is 2.61. The molecule has 1 aromatic carbocycles. The van der Waals surface area contributed by atoms with Gasteiger partial charge in [-0.3, -0.25) is 14.6 Å². The van der Waals surface area contributed by atoms with E-state index in [1.807, 2.05) is 49.6 Å². The van der Waals surface area contributed by atoms with Gasteiger partial charge in [-0.25, -0.2) is 4.98 Å². The van der Waals surface area contributed by atoms with Crippen molar-refractivity contribution in [2.24, 2.45) is 0 Å². The summed E-state index contributed by atoms with van der Waals surface area (Å²) in [7, 11) is 0. The van der Waals surface area contributed by atoms with E-state index in [2.05, 4.69) is 20.6 Å². The molecule has 6 nitrogen and oxygen atoms in total. The number of thiazole rings is 1. The molecule has 27 heavy (non-hydrogen) atoms. The molecule has 2 heterocycles. The molecule has 0 aliphatic heterocycles. The zero-order chi connectivity index (χ0) is 19.2. The number of para-hydroxylation sites is 1. The Bertz CT molecular complexity index is 933. The van der Waals surface area contributed by atoms with E-state index in [-0.39, 0.29) is 24.8 Å². The maximum Gasteiger partial charge on any atom is 0.243 e. The van der Waals surface area contributed by atoms with Crippen molar-refractivity contribution < 1.29 is 9.59 Å². The summed E-state index contributed by atoms with van der Waals surface area (Å²) in [6, 6.07) is 9.58. The van der Waals surface area contributed by atoms with Crippen LogP contribution in [-0.2, 0) is 16.0 Å². The van der Waals surface area contributed by atoms with Crippen LogP contribution in [0, 0.1) is 13.8 Å². The highest BCUT2D eigenvalue weighted by Crippen LogP contribution is 2.22. The summed E-state index contributed by atoms with van der Waals surface area (Å²) in [6.07, 6.45) is 3.57. The van der Waals surface area contributed by atoms with Crippen molar-refractivity contribution in [3.63, 3.8) is 0 Å². The van der Waals surface area contributed by atoms with Crippen LogP contribution in [0.1, 0.15) is 16.8 Å². The molecule has 0 spiro atoms. The van der Waals surface area contributed by atoms with E-state index in [4.69, 9.17) is 0 Å². The third-order valence-electron chi connectivity index (χ3n) is 3.99. The number of amides is 2. The van der Waals surface area contributed by atoms with Gasteiger partial charge in [0.05, 0.1) is 18.7 Å². The lowest BCUT2D eigenvalue weighted by molar-refractivity contribution is -0.123. The minimum Gasteiger partial charge on any atom is -0.347 e. The number of nitrogens with zero attached hydrogens (tertiary/aromatic N) is 2. The molecule has 0 radical (unpaired) electrons. The van der Waals surface area contributed by atoms with Crippen molar-refractivity contribution in [2.75, 3.05) is 11.9 Å². The number of hydrogen-bond acceptors (Lipinski definition) is 5. The van der Waals surface area contributed by atoms with Crippen LogP contribution in [0.2, 0.25) is 0 Å². The Labute approximate surface area is 161 Å². The molecular formula is C20H20N4O2S. The monoisotopic (exact) mass is 380 g/mol. The van der Waals surface area contributed by atoms with E-state index < -0.39 is 0 Å². The number of nitrogens with one attached hydrogen (secondary N) is 2. The Morgan fingerprint density at radius 3 is 2.56 bits per heavy atom. The molecule has 0 unspecified atom stereocenters. The maximum atomic E-state index is 12.1. The molecule has 3 aromatic rings. The first-order valence-electron chi connectivity index (χ1n) is 8.50. The molecule has 0 fully saturated rings. The number of rotatable bonds is 6. The molecule has 0 atom stereocenters. The van der Waals surface area contributed by atoms with Gasteiger partial charge in [-0.15, -0.1) is 11.3 Å². The number of carbonyl (C=O) groups excluding carboxylic acids is 2. The van der Waals surface area contributed by atoms with Crippen LogP contribution < -0.4 is 10.6 Å². The zero-order valence-electron chi connectivity index (χ0n) is 15.2. The van der Waals surface area contributed by atoms with Gasteiger partial charge in [-0.2, -0.15) is 0 Å². The van der Waals surface area contributed by atoms with Crippen LogP contribution in [-0.4, -0.2) is 28.3 Å². The number of anilines is 1. The van der Waals surface area contributed by atoms with E-state index in [9.17, 15) is 9.59 Å². The van der Waals surface area contributed by atoms with E-state index in [1.165, 1.54) is 11.3 Å². The smallest absolute Gasteiger partial charge is 0.243 e. The Kier molecular flexibility index (Phi) is 5.93. The van der Waals surface area contributed by atoms with E-state index >= 15 is 0 Å². The highest BCUT2D eigenvalue weighted by Gasteiger charge is 2.12. The fourth-order valence-corrected chi connectivity index (χ4v) is 3.42. The summed E-state index contributed by atoms with van der Waals surface area (Å²) in [5, 5.41) is 8.15. The van der Waals surface area contributed by atoms with Gasteiger partial charge in [0, 0.05) is 29.0 Å². The van der Waals surface area contributed by atoms with Crippen molar-refractivity contribution in [1.82, 2.24) is 15.3 Å². The lowest BCUT2D eigenvalue weighted by Crippen LogP contribution is -2.34. The van der Waals surface area contributed by atoms with E-state index in [1.54, 1.807) is 12.4 Å². The van der Waals surface area contributed by atoms with Crippen LogP contribution in [0.5, 0.6) is 0 Å². The quantitative estimate of drug-likeness (QED) is 0.688. The summed E-state index contributed by atoms with van der Waals surface area (Å²) < 4.78 is 0. The van der Waals surface area contributed by atoms with Crippen LogP contribution in [0.4, 0.5) is 5.69 Å². The standard InChI is InChI=1S/C20H20N4O2S/c1-13-5-3-6-14(2)19(13)24-18(26)11-22-17(25)9-16-12-27-20(23-16)15-7-4-8-21-10-15/h3-8,10,12H,9,11H2,1-2H3,(H,22,25)(H,24,26). The third-order valence-corrected chi connectivity index (χ3v) is 4.93. The van der Waals surface area contributed by atoms with E-state index in [0.717, 1.165) is 27.4 Å². The Morgan fingerprint density at radius 2 is 1.85 bits per heavy atom. The molecule has 138 valence electrons. The number of pyridine rings is 1. The summed E-state index contributed by atoms with van der Waals surface area (Å²) in [5.74, 6) is -0.496. The first-order valence-corrected chi connectivity index (χ1v) is 9.38. The van der Waals surface area contributed by atoms with Crippen molar-refractivity contribution in [1.29, 1.82) is 0 Å². The second kappa shape index (κ2) is 8.55. The molecule has 0 saturated carbocycles. The van der Waals surface area contributed by atoms with Crippen molar-refractivity contribution in [3.05, 3.63) is 64.9 Å². The maximum absolute atomic E-state index is 12.1. The second-order valence-electron chi connectivity index (χ2n) is 6.15. The van der Waals surface area contributed by atoms with Crippen LogP contribution >= 0.6 is 11.3 Å². The lowest BCUT2D eigenvalue weighted by Gasteiger charge is -2.11. The fraction of sp³-hybridized carbons (Fsp3) is 0.200. The van der Waals surface area contributed by atoms with Crippen molar-refractivity contribution in [2.45, 2.75) is 20.3 Å². The molecule has 0 aliphatic rings. The van der Waals surface area contributed by atoms with Gasteiger partial charge in [0.2, 0.25) is 11.8 Å². The van der Waals surface area contributed by atoms with Gasteiger partial charge in [0.15, 0.2) is 0 Å². The third kappa shape index (κ3) is 4.98. The average molecular weight is 380 g/mol. The van der Waals surface area contributed by atoms with Crippen molar-refractivity contribution >= 4 is 28.8 Å². The molecule has 2 aromatic heterocycles. The van der Waals surface area contributed by atoms with Crippen molar-refractivity contribution in [3.8, 4) is 10.6 Å². The minimum atomic E-state index is -0.255. The molecular weight excluding hydrogens is 360 g/mol. The number of aromatic nitrogens is 2. The number of aryl methyl sites for hydroxylation is 2. The van der Waals surface area contributed by atoms with Crippen LogP contribution in [0.25, 0.3) is 10.6 Å². The largest absolute Gasteiger partial charge is 0.347 e. The molecule has 0 saturated heterocycles. The normalized spacial score (nSPS) is 10.4. The molecule has 2 amide bonds. The highest BCUT2D eigenvalue weighted by atomic mass is 32.1. The Morgan fingerprint density at radius 1 is 1.07 bits per heavy atom. The van der Waals surface area contributed by atoms with Gasteiger partial charge >= 0.3 is 0 Å². The van der Waals surface area contributed by atoms with Gasteiger partial charge in [0.25, 0.3) is 0 Å². The van der Waals surface area contributed by atoms with Gasteiger partial charge in [0.1, 0.15) is 5.01 Å². The first kappa shape index (κ1) is 18.7. The Balaban J connectivity index is 1.51. The second-order valence-corrected chi connectivity index (χ2v) is 7.01. The highest BCUT2D eigenvalue weighted by molar-refractivity contribution is 7.13. The number of carbonyl (C=O) groups is 2. The Hall–Kier alpha value is -3.06. The molecule has 3 rings (SSSR count). The summed E-state index contributed by atoms with van der Waals surface area (Å²) in [4.78, 5) is 32.8. The number of benzene rings is 1. The zero-order valence-corrected chi connectivity index (χ0v) is 16.0. The van der Waals surface area contributed by atoms with Gasteiger partial charge in [-0.05, 0) is 37.1 Å². The predicted molar refractivity (Wildman–Crippen MR) is 107 cm³/mol. The first-order chi connectivity index (χ1) is 13.0. The number of hydrogen-bond donors (Lipinski definition) is 2. The molecule has 0 bridgehead atoms. The minimum absolute atomic E-state index is 0.0772. The summed E-state index contributed by atoms with van der Waals surface area (Å²) >= 11 is 1.46. The molecule has 0 aliphatic carbocycles. The molecule has 7 heteroatoms. The van der Waals surface area contributed by atoms with Crippen LogP contribution in [0.3, 0.4) is 0 Å². The lowest BCUT2D eigenvalue weighted by atomic mass is 10.1. The van der Waals surface area contributed by atoms with Crippen LogP contribution in [0.15, 0.2) is 48.1 Å². The van der Waals surface area contributed by atoms with E-state index in [0.29, 0.717) is 5.69 Å². The predicted octanol–water partition coefficient (Wildman–Crippen LogP) is 3.12. The molecule has 2 N–H and O–H groups in total. The SMILES string of the molecule is Cc1cccc(C)c1NC(=O)CNC(=O)Cc1csc(-c2cccnc2)n1. The summed E-state index contributed by atoms with van der Waals surface area (Å²) in [6.45, 7) is 3.79. The topological polar surface area (TPSA) is 84.0 Å². The summed E-state index contributed by atoms with van der Waals surface area (Å²) in [5.41, 5.74) is 4.35.